The highest BCUT2D eigenvalue weighted by molar-refractivity contribution is 7.92. The molecule has 1 aromatic heterocycles. The average Bonchev–Trinajstić information content (AvgIpc) is 2.65. The summed E-state index contributed by atoms with van der Waals surface area (Å²) in [5.74, 6) is -2.07. The molecule has 0 radical (unpaired) electrons. The van der Waals surface area contributed by atoms with Crippen molar-refractivity contribution >= 4 is 15.7 Å². The molecule has 6 nitrogen and oxygen atoms in total. The van der Waals surface area contributed by atoms with Crippen molar-refractivity contribution in [3.63, 3.8) is 0 Å². The summed E-state index contributed by atoms with van der Waals surface area (Å²) in [4.78, 5) is 12.3. The van der Waals surface area contributed by atoms with Crippen LogP contribution in [0, 0.1) is 18.5 Å². The number of hydrogen-bond acceptors (Lipinski definition) is 4. The van der Waals surface area contributed by atoms with Crippen molar-refractivity contribution in [2.45, 2.75) is 6.85 Å². The fourth-order valence-electron chi connectivity index (χ4n) is 2.66. The summed E-state index contributed by atoms with van der Waals surface area (Å²) >= 11 is 0. The van der Waals surface area contributed by atoms with Gasteiger partial charge in [-0.05, 0) is 43.3 Å². The number of sulfonamides is 1. The van der Waals surface area contributed by atoms with Gasteiger partial charge in [0.15, 0.2) is 11.6 Å². The molecule has 3 aromatic rings. The van der Waals surface area contributed by atoms with E-state index in [0.717, 1.165) is 29.0 Å². The predicted molar refractivity (Wildman–Crippen MR) is 107 cm³/mol. The van der Waals surface area contributed by atoms with Crippen LogP contribution in [-0.2, 0) is 17.1 Å². The van der Waals surface area contributed by atoms with Crippen molar-refractivity contribution in [3.8, 4) is 22.6 Å². The van der Waals surface area contributed by atoms with Gasteiger partial charge in [-0.1, -0.05) is 0 Å². The first-order chi connectivity index (χ1) is 14.7. The minimum Gasteiger partial charge on any atom is -0.454 e. The van der Waals surface area contributed by atoms with Crippen LogP contribution in [0.3, 0.4) is 0 Å². The summed E-state index contributed by atoms with van der Waals surface area (Å²) in [6.07, 6.45) is 2.29. The lowest BCUT2D eigenvalue weighted by atomic mass is 10.0. The van der Waals surface area contributed by atoms with Crippen LogP contribution in [0.15, 0.2) is 53.5 Å². The third-order valence-corrected chi connectivity index (χ3v) is 4.50. The number of halogens is 2. The van der Waals surface area contributed by atoms with Gasteiger partial charge in [0, 0.05) is 45.8 Å². The molecule has 0 fully saturated rings. The molecule has 1 N–H and O–H groups in total. The molecular weight excluding hydrogens is 402 g/mol. The van der Waals surface area contributed by atoms with Crippen molar-refractivity contribution < 1.29 is 26.0 Å². The molecule has 3 rings (SSSR count). The fourth-order valence-corrected chi connectivity index (χ4v) is 3.21. The number of rotatable bonds is 5. The number of hydrogen-bond donors (Lipinski definition) is 1. The molecule has 2 aromatic carbocycles. The van der Waals surface area contributed by atoms with E-state index in [1.54, 1.807) is 0 Å². The molecule has 0 spiro atoms. The highest BCUT2D eigenvalue weighted by atomic mass is 32.2. The van der Waals surface area contributed by atoms with Gasteiger partial charge in [-0.25, -0.2) is 17.2 Å². The van der Waals surface area contributed by atoms with Crippen LogP contribution in [0.1, 0.15) is 9.68 Å². The Bertz CT molecular complexity index is 1360. The Labute approximate surface area is 170 Å². The molecule has 0 aliphatic rings. The fraction of sp³-hybridized carbons (Fsp3) is 0.150. The van der Waals surface area contributed by atoms with Gasteiger partial charge in [0.1, 0.15) is 11.6 Å². The average molecular weight is 423 g/mol. The van der Waals surface area contributed by atoms with Gasteiger partial charge >= 0.3 is 0 Å². The molecule has 0 aliphatic heterocycles. The van der Waals surface area contributed by atoms with Gasteiger partial charge < -0.3 is 9.30 Å². The van der Waals surface area contributed by atoms with Gasteiger partial charge in [0.05, 0.1) is 6.26 Å². The summed E-state index contributed by atoms with van der Waals surface area (Å²) in [6.45, 7) is -2.71. The minimum atomic E-state index is -3.64. The van der Waals surface area contributed by atoms with Gasteiger partial charge in [-0.3, -0.25) is 9.52 Å². The van der Waals surface area contributed by atoms with Crippen LogP contribution < -0.4 is 15.0 Å². The third-order valence-electron chi connectivity index (χ3n) is 3.89. The smallest absolute Gasteiger partial charge is 0.253 e. The highest BCUT2D eigenvalue weighted by Crippen LogP contribution is 2.36. The van der Waals surface area contributed by atoms with E-state index in [1.807, 2.05) is 0 Å². The van der Waals surface area contributed by atoms with Crippen molar-refractivity contribution in [1.29, 1.82) is 0 Å². The summed E-state index contributed by atoms with van der Waals surface area (Å²) in [7, 11) is -2.28. The van der Waals surface area contributed by atoms with Gasteiger partial charge in [0.2, 0.25) is 10.0 Å². The van der Waals surface area contributed by atoms with E-state index < -0.39 is 39.6 Å². The van der Waals surface area contributed by atoms with E-state index in [0.29, 0.717) is 6.07 Å². The minimum absolute atomic E-state index is 0.0182. The van der Waals surface area contributed by atoms with Crippen LogP contribution in [0.4, 0.5) is 14.5 Å². The number of aromatic nitrogens is 1. The van der Waals surface area contributed by atoms with Crippen molar-refractivity contribution in [2.75, 3.05) is 11.0 Å². The summed E-state index contributed by atoms with van der Waals surface area (Å²) in [6, 6.07) is 7.89. The van der Waals surface area contributed by atoms with Crippen LogP contribution in [0.2, 0.25) is 0 Å². The molecule has 0 saturated carbocycles. The van der Waals surface area contributed by atoms with E-state index in [9.17, 15) is 22.0 Å². The molecule has 0 unspecified atom stereocenters. The number of nitrogens with zero attached hydrogens (tertiary/aromatic N) is 1. The zero-order chi connectivity index (χ0) is 23.8. The van der Waals surface area contributed by atoms with E-state index in [-0.39, 0.29) is 28.3 Å². The monoisotopic (exact) mass is 423 g/mol. The van der Waals surface area contributed by atoms with E-state index in [4.69, 9.17) is 8.85 Å². The normalized spacial score (nSPS) is 13.3. The molecule has 0 bridgehead atoms. The predicted octanol–water partition coefficient (Wildman–Crippen LogP) is 3.80. The van der Waals surface area contributed by atoms with Crippen LogP contribution in [0.5, 0.6) is 11.5 Å². The Balaban J connectivity index is 2.22. The Morgan fingerprint density at radius 3 is 2.48 bits per heavy atom. The number of benzene rings is 2. The lowest BCUT2D eigenvalue weighted by molar-refractivity contribution is 0.439. The zero-order valence-electron chi connectivity index (χ0n) is 18.4. The standard InChI is InChI=1S/C20H18F2N2O4S/c1-12-8-13(11-24(2)20(12)25)16-10-15(23-29(3,26)27)5-7-18(16)28-19-6-4-14(21)9-17(19)22/h4-11,23H,1-3H3/i1D3. The maximum Gasteiger partial charge on any atom is 0.253 e. The summed E-state index contributed by atoms with van der Waals surface area (Å²) in [5.41, 5.74) is -0.695. The Morgan fingerprint density at radius 1 is 1.10 bits per heavy atom. The van der Waals surface area contributed by atoms with E-state index in [2.05, 4.69) is 4.72 Å². The Hall–Kier alpha value is -3.20. The topological polar surface area (TPSA) is 77.4 Å². The second-order valence-corrected chi connectivity index (χ2v) is 8.07. The number of ether oxygens (including phenoxy) is 1. The first-order valence-corrected chi connectivity index (χ1v) is 10.1. The van der Waals surface area contributed by atoms with Gasteiger partial charge in [0.25, 0.3) is 5.56 Å². The molecule has 9 heteroatoms. The second kappa shape index (κ2) is 7.67. The first kappa shape index (κ1) is 16.7. The van der Waals surface area contributed by atoms with Crippen molar-refractivity contribution in [2.24, 2.45) is 7.05 Å². The SMILES string of the molecule is [2H]C([2H])([2H])c1cc(-c2cc(NS(C)(=O)=O)ccc2Oc2ccc(F)cc2F)cn(C)c1=O. The number of aryl methyl sites for hydroxylation is 2. The molecule has 152 valence electrons. The second-order valence-electron chi connectivity index (χ2n) is 6.32. The summed E-state index contributed by atoms with van der Waals surface area (Å²) in [5, 5.41) is 0. The van der Waals surface area contributed by atoms with Crippen LogP contribution in [-0.4, -0.2) is 19.2 Å². The van der Waals surface area contributed by atoms with Gasteiger partial charge in [-0.2, -0.15) is 0 Å². The molecule has 29 heavy (non-hydrogen) atoms. The Kier molecular flexibility index (Phi) is 4.42. The Morgan fingerprint density at radius 2 is 1.83 bits per heavy atom. The highest BCUT2D eigenvalue weighted by Gasteiger charge is 2.15. The molecular formula is C20H18F2N2O4S. The lowest BCUT2D eigenvalue weighted by Gasteiger charge is -2.15. The largest absolute Gasteiger partial charge is 0.454 e. The quantitative estimate of drug-likeness (QED) is 0.677. The molecule has 0 saturated heterocycles. The molecule has 0 amide bonds. The lowest BCUT2D eigenvalue weighted by Crippen LogP contribution is -2.18. The van der Waals surface area contributed by atoms with E-state index >= 15 is 0 Å². The molecule has 0 aliphatic carbocycles. The summed E-state index contributed by atoms with van der Waals surface area (Å²) < 4.78 is 82.4. The maximum absolute atomic E-state index is 14.1. The van der Waals surface area contributed by atoms with Crippen molar-refractivity contribution in [3.05, 3.63) is 76.2 Å². The van der Waals surface area contributed by atoms with Crippen molar-refractivity contribution in [1.82, 2.24) is 4.57 Å². The maximum atomic E-state index is 14.1. The number of pyridine rings is 1. The third kappa shape index (κ3) is 4.80. The molecule has 1 heterocycles. The number of nitrogens with one attached hydrogen (secondary N) is 1. The first-order valence-electron chi connectivity index (χ1n) is 9.71. The zero-order valence-corrected chi connectivity index (χ0v) is 16.2. The van der Waals surface area contributed by atoms with Crippen LogP contribution >= 0.6 is 0 Å². The number of anilines is 1. The van der Waals surface area contributed by atoms with Crippen LogP contribution in [0.25, 0.3) is 11.1 Å². The van der Waals surface area contributed by atoms with Gasteiger partial charge in [-0.15, -0.1) is 0 Å². The van der Waals surface area contributed by atoms with E-state index in [1.165, 1.54) is 31.4 Å². The molecule has 0 atom stereocenters.